The Bertz CT molecular complexity index is 887. The third kappa shape index (κ3) is 2.86. The molecule has 0 saturated carbocycles. The third-order valence-corrected chi connectivity index (χ3v) is 4.89. The van der Waals surface area contributed by atoms with Crippen LogP contribution in [0, 0.1) is 0 Å². The first-order valence-electron chi connectivity index (χ1n) is 8.75. The fourth-order valence-electron chi connectivity index (χ4n) is 3.70. The quantitative estimate of drug-likeness (QED) is 0.781. The number of para-hydroxylation sites is 2. The van der Waals surface area contributed by atoms with Gasteiger partial charge in [0, 0.05) is 26.6 Å². The molecule has 4 rings (SSSR count). The third-order valence-electron chi connectivity index (χ3n) is 4.89. The Balaban J connectivity index is 1.83. The van der Waals surface area contributed by atoms with Crippen molar-refractivity contribution >= 4 is 17.1 Å². The van der Waals surface area contributed by atoms with Crippen LogP contribution in [-0.2, 0) is 13.0 Å². The van der Waals surface area contributed by atoms with Crippen molar-refractivity contribution in [1.29, 1.82) is 0 Å². The van der Waals surface area contributed by atoms with Crippen LogP contribution in [0.25, 0.3) is 11.0 Å². The Morgan fingerprint density at radius 2 is 1.88 bits per heavy atom. The normalized spacial score (nSPS) is 17.2. The number of carbonyl (C=O) groups excluding carboxylic acids is 1. The van der Waals surface area contributed by atoms with Crippen LogP contribution in [0.2, 0.25) is 0 Å². The number of nitrogens with zero attached hydrogens (tertiary/aromatic N) is 3. The van der Waals surface area contributed by atoms with E-state index in [4.69, 9.17) is 4.98 Å². The van der Waals surface area contributed by atoms with Crippen LogP contribution in [0.3, 0.4) is 0 Å². The molecule has 1 aliphatic rings. The lowest BCUT2D eigenvalue weighted by molar-refractivity contribution is 0.176. The second-order valence-electron chi connectivity index (χ2n) is 6.42. The lowest BCUT2D eigenvalue weighted by atomic mass is 10.0. The van der Waals surface area contributed by atoms with Crippen LogP contribution >= 0.6 is 0 Å². The number of urea groups is 1. The number of imidazole rings is 1. The van der Waals surface area contributed by atoms with Gasteiger partial charge in [-0.15, -0.1) is 0 Å². The summed E-state index contributed by atoms with van der Waals surface area (Å²) in [5, 5.41) is 2.79. The minimum absolute atomic E-state index is 0.0403. The maximum atomic E-state index is 12.5. The second-order valence-corrected chi connectivity index (χ2v) is 6.42. The van der Waals surface area contributed by atoms with Crippen molar-refractivity contribution in [1.82, 2.24) is 19.8 Å². The summed E-state index contributed by atoms with van der Waals surface area (Å²) in [7, 11) is 1.69. The van der Waals surface area contributed by atoms with Crippen molar-refractivity contribution in [2.75, 3.05) is 13.6 Å². The van der Waals surface area contributed by atoms with Crippen LogP contribution < -0.4 is 5.32 Å². The maximum Gasteiger partial charge on any atom is 0.317 e. The maximum absolute atomic E-state index is 12.5. The molecule has 1 aromatic heterocycles. The topological polar surface area (TPSA) is 50.2 Å². The van der Waals surface area contributed by atoms with E-state index in [2.05, 4.69) is 28.1 Å². The molecular formula is C20H22N4O. The molecule has 0 fully saturated rings. The number of nitrogens with one attached hydrogen (secondary N) is 1. The summed E-state index contributed by atoms with van der Waals surface area (Å²) in [6.07, 6.45) is 1.68. The van der Waals surface area contributed by atoms with Crippen LogP contribution in [0.5, 0.6) is 0 Å². The van der Waals surface area contributed by atoms with Gasteiger partial charge < -0.3 is 14.8 Å². The zero-order valence-electron chi connectivity index (χ0n) is 14.4. The highest BCUT2D eigenvalue weighted by Gasteiger charge is 2.31. The summed E-state index contributed by atoms with van der Waals surface area (Å²) < 4.78 is 2.28. The number of amides is 2. The number of hydrogen-bond donors (Lipinski definition) is 1. The first kappa shape index (κ1) is 15.7. The molecule has 1 unspecified atom stereocenters. The van der Waals surface area contributed by atoms with Gasteiger partial charge in [-0.3, -0.25) is 0 Å². The Kier molecular flexibility index (Phi) is 4.14. The van der Waals surface area contributed by atoms with E-state index in [9.17, 15) is 4.79 Å². The number of aryl methyl sites for hydroxylation is 1. The van der Waals surface area contributed by atoms with Gasteiger partial charge in [0.25, 0.3) is 0 Å². The molecule has 3 aromatic rings. The summed E-state index contributed by atoms with van der Waals surface area (Å²) in [6.45, 7) is 1.61. The number of aromatic nitrogens is 2. The smallest absolute Gasteiger partial charge is 0.317 e. The highest BCUT2D eigenvalue weighted by molar-refractivity contribution is 5.77. The van der Waals surface area contributed by atoms with Gasteiger partial charge in [0.1, 0.15) is 5.82 Å². The standard InChI is InChI=1S/C20H22N4O/c1-21-20(25)24-13-7-12-23-17-11-6-5-10-16(17)22-19(23)18(24)14-15-8-3-2-4-9-15/h2-6,8-11,18H,7,12-14H2,1H3,(H,21,25). The molecular weight excluding hydrogens is 312 g/mol. The van der Waals surface area contributed by atoms with Crippen LogP contribution in [0.1, 0.15) is 23.9 Å². The van der Waals surface area contributed by atoms with Crippen molar-refractivity contribution in [2.45, 2.75) is 25.4 Å². The minimum atomic E-state index is -0.0720. The number of rotatable bonds is 2. The number of fused-ring (bicyclic) bond motifs is 3. The van der Waals surface area contributed by atoms with Crippen LogP contribution in [-0.4, -0.2) is 34.1 Å². The van der Waals surface area contributed by atoms with Gasteiger partial charge in [-0.05, 0) is 24.1 Å². The Hall–Kier alpha value is -2.82. The molecule has 0 spiro atoms. The Labute approximate surface area is 147 Å². The molecule has 25 heavy (non-hydrogen) atoms. The van der Waals surface area contributed by atoms with E-state index in [0.717, 1.165) is 42.8 Å². The monoisotopic (exact) mass is 334 g/mol. The fourth-order valence-corrected chi connectivity index (χ4v) is 3.70. The van der Waals surface area contributed by atoms with Gasteiger partial charge in [0.05, 0.1) is 17.1 Å². The zero-order chi connectivity index (χ0) is 17.2. The van der Waals surface area contributed by atoms with E-state index in [1.54, 1.807) is 7.05 Å². The first-order valence-corrected chi connectivity index (χ1v) is 8.75. The molecule has 1 aliphatic heterocycles. The van der Waals surface area contributed by atoms with E-state index in [1.807, 2.05) is 41.3 Å². The lowest BCUT2D eigenvalue weighted by Gasteiger charge is -2.29. The molecule has 1 atom stereocenters. The van der Waals surface area contributed by atoms with E-state index in [0.29, 0.717) is 0 Å². The van der Waals surface area contributed by atoms with Gasteiger partial charge in [0.2, 0.25) is 0 Å². The van der Waals surface area contributed by atoms with E-state index < -0.39 is 0 Å². The molecule has 5 heteroatoms. The molecule has 1 N–H and O–H groups in total. The Morgan fingerprint density at radius 3 is 2.68 bits per heavy atom. The highest BCUT2D eigenvalue weighted by atomic mass is 16.2. The summed E-state index contributed by atoms with van der Waals surface area (Å²) in [5.41, 5.74) is 3.35. The van der Waals surface area contributed by atoms with Crippen LogP contribution in [0.15, 0.2) is 54.6 Å². The molecule has 0 radical (unpaired) electrons. The van der Waals surface area contributed by atoms with E-state index in [-0.39, 0.29) is 12.1 Å². The van der Waals surface area contributed by atoms with E-state index >= 15 is 0 Å². The van der Waals surface area contributed by atoms with Gasteiger partial charge in [-0.25, -0.2) is 9.78 Å². The number of carbonyl (C=O) groups is 1. The van der Waals surface area contributed by atoms with Crippen LogP contribution in [0.4, 0.5) is 4.79 Å². The number of hydrogen-bond acceptors (Lipinski definition) is 2. The molecule has 5 nitrogen and oxygen atoms in total. The van der Waals surface area contributed by atoms with Crippen molar-refractivity contribution in [3.05, 3.63) is 66.0 Å². The largest absolute Gasteiger partial charge is 0.341 e. The summed E-state index contributed by atoms with van der Waals surface area (Å²) in [4.78, 5) is 19.4. The van der Waals surface area contributed by atoms with Gasteiger partial charge in [0.15, 0.2) is 0 Å². The van der Waals surface area contributed by atoms with Gasteiger partial charge in [-0.2, -0.15) is 0 Å². The average molecular weight is 334 g/mol. The predicted octanol–water partition coefficient (Wildman–Crippen LogP) is 3.37. The summed E-state index contributed by atoms with van der Waals surface area (Å²) in [5.74, 6) is 0.978. The highest BCUT2D eigenvalue weighted by Crippen LogP contribution is 2.31. The molecule has 0 bridgehead atoms. The predicted molar refractivity (Wildman–Crippen MR) is 98.4 cm³/mol. The summed E-state index contributed by atoms with van der Waals surface area (Å²) in [6, 6.07) is 18.4. The van der Waals surface area contributed by atoms with Gasteiger partial charge in [-0.1, -0.05) is 42.5 Å². The molecule has 2 heterocycles. The average Bonchev–Trinajstić information content (AvgIpc) is 2.93. The van der Waals surface area contributed by atoms with Crippen molar-refractivity contribution < 1.29 is 4.79 Å². The van der Waals surface area contributed by atoms with E-state index in [1.165, 1.54) is 5.56 Å². The van der Waals surface area contributed by atoms with Gasteiger partial charge >= 0.3 is 6.03 Å². The van der Waals surface area contributed by atoms with Crippen molar-refractivity contribution in [2.24, 2.45) is 0 Å². The molecule has 2 amide bonds. The molecule has 0 saturated heterocycles. The van der Waals surface area contributed by atoms with Crippen molar-refractivity contribution in [3.8, 4) is 0 Å². The second kappa shape index (κ2) is 6.59. The minimum Gasteiger partial charge on any atom is -0.341 e. The zero-order valence-corrected chi connectivity index (χ0v) is 14.4. The SMILES string of the molecule is CNC(=O)N1CCCn2c(nc3ccccc32)C1Cc1ccccc1. The molecule has 0 aliphatic carbocycles. The fraction of sp³-hybridized carbons (Fsp3) is 0.300. The number of benzene rings is 2. The first-order chi connectivity index (χ1) is 12.3. The lowest BCUT2D eigenvalue weighted by Crippen LogP contribution is -2.41. The van der Waals surface area contributed by atoms with Crippen molar-refractivity contribution in [3.63, 3.8) is 0 Å². The molecule has 2 aromatic carbocycles. The Morgan fingerprint density at radius 1 is 1.12 bits per heavy atom. The molecule has 128 valence electrons. The summed E-state index contributed by atoms with van der Waals surface area (Å²) >= 11 is 0.